The molecule has 4 rings (SSSR count). The van der Waals surface area contributed by atoms with Gasteiger partial charge in [0.25, 0.3) is 0 Å². The van der Waals surface area contributed by atoms with Crippen LogP contribution in [-0.4, -0.2) is 16.1 Å². The van der Waals surface area contributed by atoms with Crippen molar-refractivity contribution in [1.29, 1.82) is 0 Å². The van der Waals surface area contributed by atoms with Crippen LogP contribution in [0.2, 0.25) is 0 Å². The number of anilines is 1. The van der Waals surface area contributed by atoms with E-state index in [9.17, 15) is 4.79 Å². The van der Waals surface area contributed by atoms with Crippen LogP contribution in [0.4, 0.5) is 5.69 Å². The molecule has 1 aliphatic rings. The van der Waals surface area contributed by atoms with Crippen molar-refractivity contribution in [2.24, 2.45) is 0 Å². The minimum absolute atomic E-state index is 0.0542. The van der Waals surface area contributed by atoms with Crippen LogP contribution in [0.1, 0.15) is 16.7 Å². The van der Waals surface area contributed by atoms with Gasteiger partial charge in [0.05, 0.1) is 5.25 Å². The Bertz CT molecular complexity index is 942. The molecule has 5 heteroatoms. The summed E-state index contributed by atoms with van der Waals surface area (Å²) in [5, 5.41) is 3.00. The van der Waals surface area contributed by atoms with Gasteiger partial charge in [0, 0.05) is 33.6 Å². The Labute approximate surface area is 168 Å². The summed E-state index contributed by atoms with van der Waals surface area (Å²) in [6.07, 6.45) is 4.47. The van der Waals surface area contributed by atoms with Gasteiger partial charge in [-0.15, -0.1) is 23.5 Å². The number of hydrogen-bond acceptors (Lipinski definition) is 4. The van der Waals surface area contributed by atoms with Gasteiger partial charge in [-0.2, -0.15) is 0 Å². The van der Waals surface area contributed by atoms with Gasteiger partial charge in [-0.25, -0.2) is 0 Å². The monoisotopic (exact) mass is 392 g/mol. The molecular formula is C22H20N2OS2. The molecule has 0 unspecified atom stereocenters. The van der Waals surface area contributed by atoms with Crippen LogP contribution in [0.15, 0.2) is 76.8 Å². The molecule has 3 nitrogen and oxygen atoms in total. The lowest BCUT2D eigenvalue weighted by Gasteiger charge is -2.10. The fourth-order valence-corrected chi connectivity index (χ4v) is 5.11. The van der Waals surface area contributed by atoms with Crippen LogP contribution in [-0.2, 0) is 17.0 Å². The van der Waals surface area contributed by atoms with Gasteiger partial charge in [0.1, 0.15) is 0 Å². The molecule has 1 N–H and O–H groups in total. The summed E-state index contributed by atoms with van der Waals surface area (Å²) in [7, 11) is 0. The van der Waals surface area contributed by atoms with Crippen molar-refractivity contribution in [3.05, 3.63) is 83.7 Å². The molecule has 0 bridgehead atoms. The average molecular weight is 393 g/mol. The molecular weight excluding hydrogens is 372 g/mol. The third-order valence-electron chi connectivity index (χ3n) is 4.44. The molecule has 0 saturated heterocycles. The lowest BCUT2D eigenvalue weighted by molar-refractivity contribution is -0.115. The number of benzene rings is 2. The first kappa shape index (κ1) is 18.1. The SMILES string of the molecule is Cc1ccc2c(c1)S[C@H](C(=O)Nc1ccc(SCc3cccnc3)cc1)C2. The number of hydrogen-bond donors (Lipinski definition) is 1. The van der Waals surface area contributed by atoms with Crippen LogP contribution in [0.3, 0.4) is 0 Å². The van der Waals surface area contributed by atoms with Gasteiger partial charge in [-0.3, -0.25) is 9.78 Å². The molecule has 2 heterocycles. The van der Waals surface area contributed by atoms with Gasteiger partial charge in [0.2, 0.25) is 5.91 Å². The standard InChI is InChI=1S/C22H20N2OS2/c1-15-4-5-17-12-21(27-20(17)11-15)22(25)24-18-6-8-19(9-7-18)26-14-16-3-2-10-23-13-16/h2-11,13,21H,12,14H2,1H3,(H,24,25)/t21-/m0/s1. The van der Waals surface area contributed by atoms with Crippen molar-refractivity contribution in [3.63, 3.8) is 0 Å². The predicted molar refractivity (Wildman–Crippen MR) is 113 cm³/mol. The van der Waals surface area contributed by atoms with E-state index in [0.717, 1.165) is 17.9 Å². The number of carbonyl (C=O) groups excluding carboxylic acids is 1. The number of nitrogens with one attached hydrogen (secondary N) is 1. The highest BCUT2D eigenvalue weighted by atomic mass is 32.2. The Hall–Kier alpha value is -2.24. The zero-order valence-corrected chi connectivity index (χ0v) is 16.6. The van der Waals surface area contributed by atoms with Crippen LogP contribution < -0.4 is 5.32 Å². The van der Waals surface area contributed by atoms with E-state index in [2.05, 4.69) is 53.6 Å². The summed E-state index contributed by atoms with van der Waals surface area (Å²) in [6.45, 7) is 2.09. The quantitative estimate of drug-likeness (QED) is 0.595. The Morgan fingerprint density at radius 2 is 2.07 bits per heavy atom. The maximum absolute atomic E-state index is 12.6. The van der Waals surface area contributed by atoms with Gasteiger partial charge in [0.15, 0.2) is 0 Å². The topological polar surface area (TPSA) is 42.0 Å². The predicted octanol–water partition coefficient (Wildman–Crippen LogP) is 5.34. The largest absolute Gasteiger partial charge is 0.325 e. The molecule has 0 radical (unpaired) electrons. The van der Waals surface area contributed by atoms with Gasteiger partial charge < -0.3 is 5.32 Å². The number of amides is 1. The average Bonchev–Trinajstić information content (AvgIpc) is 3.11. The number of thioether (sulfide) groups is 2. The van der Waals surface area contributed by atoms with E-state index in [0.29, 0.717) is 0 Å². The zero-order chi connectivity index (χ0) is 18.6. The normalized spacial score (nSPS) is 15.4. The summed E-state index contributed by atoms with van der Waals surface area (Å²) in [5.41, 5.74) is 4.56. The molecule has 1 atom stereocenters. The van der Waals surface area contributed by atoms with Crippen LogP contribution in [0, 0.1) is 6.92 Å². The first-order valence-electron chi connectivity index (χ1n) is 8.86. The molecule has 1 aliphatic heterocycles. The van der Waals surface area contributed by atoms with Crippen molar-refractivity contribution >= 4 is 35.1 Å². The number of carbonyl (C=O) groups is 1. The molecule has 0 saturated carbocycles. The first-order valence-corrected chi connectivity index (χ1v) is 10.7. The summed E-state index contributed by atoms with van der Waals surface area (Å²) in [4.78, 5) is 19.2. The fourth-order valence-electron chi connectivity index (χ4n) is 2.99. The van der Waals surface area contributed by atoms with E-state index in [4.69, 9.17) is 0 Å². The summed E-state index contributed by atoms with van der Waals surface area (Å²) in [6, 6.07) is 18.5. The van der Waals surface area contributed by atoms with E-state index in [1.54, 1.807) is 29.7 Å². The molecule has 0 fully saturated rings. The molecule has 1 aromatic heterocycles. The fraction of sp³-hybridized carbons (Fsp3) is 0.182. The lowest BCUT2D eigenvalue weighted by atomic mass is 10.1. The minimum atomic E-state index is -0.0542. The maximum Gasteiger partial charge on any atom is 0.238 e. The van der Waals surface area contributed by atoms with Crippen molar-refractivity contribution in [1.82, 2.24) is 4.98 Å². The summed E-state index contributed by atoms with van der Waals surface area (Å²) in [5.74, 6) is 0.959. The van der Waals surface area contributed by atoms with Crippen LogP contribution in [0.5, 0.6) is 0 Å². The highest BCUT2D eigenvalue weighted by Gasteiger charge is 2.28. The van der Waals surface area contributed by atoms with E-state index in [-0.39, 0.29) is 11.2 Å². The maximum atomic E-state index is 12.6. The number of fused-ring (bicyclic) bond motifs is 1. The van der Waals surface area contributed by atoms with Gasteiger partial charge in [-0.1, -0.05) is 23.8 Å². The van der Waals surface area contributed by atoms with Crippen LogP contribution in [0.25, 0.3) is 0 Å². The molecule has 136 valence electrons. The minimum Gasteiger partial charge on any atom is -0.325 e. The van der Waals surface area contributed by atoms with E-state index >= 15 is 0 Å². The van der Waals surface area contributed by atoms with E-state index in [1.807, 2.05) is 24.4 Å². The zero-order valence-electron chi connectivity index (χ0n) is 15.0. The van der Waals surface area contributed by atoms with Crippen molar-refractivity contribution in [2.75, 3.05) is 5.32 Å². The lowest BCUT2D eigenvalue weighted by Crippen LogP contribution is -2.24. The third kappa shape index (κ3) is 4.54. The number of rotatable bonds is 5. The van der Waals surface area contributed by atoms with Crippen molar-refractivity contribution in [2.45, 2.75) is 34.1 Å². The summed E-state index contributed by atoms with van der Waals surface area (Å²) >= 11 is 3.43. The van der Waals surface area contributed by atoms with E-state index < -0.39 is 0 Å². The molecule has 3 aromatic rings. The van der Waals surface area contributed by atoms with Crippen molar-refractivity contribution < 1.29 is 4.79 Å². The third-order valence-corrected chi connectivity index (χ3v) is 6.82. The Kier molecular flexibility index (Phi) is 5.50. The second kappa shape index (κ2) is 8.19. The Morgan fingerprint density at radius 3 is 2.85 bits per heavy atom. The number of nitrogens with zero attached hydrogens (tertiary/aromatic N) is 1. The van der Waals surface area contributed by atoms with Crippen molar-refractivity contribution in [3.8, 4) is 0 Å². The molecule has 0 aliphatic carbocycles. The van der Waals surface area contributed by atoms with Crippen LogP contribution >= 0.6 is 23.5 Å². The Balaban J connectivity index is 1.33. The second-order valence-corrected chi connectivity index (χ2v) is 8.88. The number of aromatic nitrogens is 1. The smallest absolute Gasteiger partial charge is 0.238 e. The summed E-state index contributed by atoms with van der Waals surface area (Å²) < 4.78 is 0. The Morgan fingerprint density at radius 1 is 1.22 bits per heavy atom. The van der Waals surface area contributed by atoms with Gasteiger partial charge >= 0.3 is 0 Å². The first-order chi connectivity index (χ1) is 13.2. The molecule has 2 aromatic carbocycles. The van der Waals surface area contributed by atoms with Gasteiger partial charge in [-0.05, 0) is 60.9 Å². The molecule has 1 amide bonds. The number of aryl methyl sites for hydroxylation is 1. The highest BCUT2D eigenvalue weighted by Crippen LogP contribution is 2.38. The van der Waals surface area contributed by atoms with E-state index in [1.165, 1.54) is 26.5 Å². The molecule has 27 heavy (non-hydrogen) atoms. The second-order valence-electron chi connectivity index (χ2n) is 6.59. The molecule has 0 spiro atoms. The number of pyridine rings is 1. The highest BCUT2D eigenvalue weighted by molar-refractivity contribution is 8.01.